The van der Waals surface area contributed by atoms with Gasteiger partial charge in [-0.05, 0) is 0 Å². The van der Waals surface area contributed by atoms with Gasteiger partial charge in [-0.25, -0.2) is 4.99 Å². The summed E-state index contributed by atoms with van der Waals surface area (Å²) in [6, 6.07) is 0. The van der Waals surface area contributed by atoms with Crippen molar-refractivity contribution >= 4 is 5.71 Å². The standard InChI is InChI=1S/C8H9NO/c1-2-4-8-7(3-1)9-5-6-10-8/h1-2,5-6,8H,3-4H2/p+1. The minimum atomic E-state index is 0.287. The summed E-state index contributed by atoms with van der Waals surface area (Å²) in [6.07, 6.45) is 10.2. The van der Waals surface area contributed by atoms with Crippen LogP contribution in [0.4, 0.5) is 0 Å². The SMILES string of the molecule is C1=CCC2OC=C[NH+]=C2C1. The molecule has 0 aromatic heterocycles. The lowest BCUT2D eigenvalue weighted by molar-refractivity contribution is -0.386. The van der Waals surface area contributed by atoms with E-state index in [4.69, 9.17) is 4.74 Å². The summed E-state index contributed by atoms with van der Waals surface area (Å²) in [5.41, 5.74) is 1.28. The van der Waals surface area contributed by atoms with Crippen LogP contribution in [0.1, 0.15) is 12.8 Å². The van der Waals surface area contributed by atoms with E-state index in [2.05, 4.69) is 17.1 Å². The molecular formula is C8H10NO+. The van der Waals surface area contributed by atoms with E-state index in [9.17, 15) is 0 Å². The van der Waals surface area contributed by atoms with Crippen LogP contribution in [0.2, 0.25) is 0 Å². The van der Waals surface area contributed by atoms with Crippen LogP contribution in [-0.2, 0) is 4.74 Å². The topological polar surface area (TPSA) is 23.2 Å². The fourth-order valence-electron chi connectivity index (χ4n) is 1.27. The van der Waals surface area contributed by atoms with Crippen molar-refractivity contribution in [1.29, 1.82) is 0 Å². The van der Waals surface area contributed by atoms with E-state index in [0.29, 0.717) is 0 Å². The van der Waals surface area contributed by atoms with Gasteiger partial charge in [0.2, 0.25) is 11.9 Å². The number of nitrogens with one attached hydrogen (secondary N) is 1. The van der Waals surface area contributed by atoms with Gasteiger partial charge in [-0.3, -0.25) is 0 Å². The highest BCUT2D eigenvalue weighted by molar-refractivity contribution is 5.86. The number of hydrogen-bond donors (Lipinski definition) is 1. The zero-order valence-corrected chi connectivity index (χ0v) is 5.71. The number of rotatable bonds is 0. The molecule has 0 bridgehead atoms. The molecule has 0 saturated heterocycles. The largest absolute Gasteiger partial charge is 0.481 e. The van der Waals surface area contributed by atoms with Crippen molar-refractivity contribution in [2.75, 3.05) is 0 Å². The fourth-order valence-corrected chi connectivity index (χ4v) is 1.27. The van der Waals surface area contributed by atoms with Crippen LogP contribution in [0.3, 0.4) is 0 Å². The van der Waals surface area contributed by atoms with Gasteiger partial charge in [0.15, 0.2) is 6.10 Å². The predicted molar refractivity (Wildman–Crippen MR) is 38.4 cm³/mol. The molecular weight excluding hydrogens is 126 g/mol. The maximum Gasteiger partial charge on any atom is 0.201 e. The highest BCUT2D eigenvalue weighted by Gasteiger charge is 2.23. The van der Waals surface area contributed by atoms with Gasteiger partial charge in [0.05, 0.1) is 6.42 Å². The van der Waals surface area contributed by atoms with E-state index in [1.807, 2.05) is 6.20 Å². The first-order chi connectivity index (χ1) is 4.97. The first kappa shape index (κ1) is 5.71. The Balaban J connectivity index is 2.23. The van der Waals surface area contributed by atoms with E-state index in [1.54, 1.807) is 6.26 Å². The average molecular weight is 136 g/mol. The summed E-state index contributed by atoms with van der Waals surface area (Å²) in [5.74, 6) is 0. The van der Waals surface area contributed by atoms with Crippen molar-refractivity contribution in [3.05, 3.63) is 24.6 Å². The molecule has 0 aromatic rings. The molecule has 2 heteroatoms. The number of ether oxygens (including phenoxy) is 1. The molecule has 1 atom stereocenters. The molecule has 1 aliphatic heterocycles. The summed E-state index contributed by atoms with van der Waals surface area (Å²) in [6.45, 7) is 0. The monoisotopic (exact) mass is 136 g/mol. The molecule has 0 spiro atoms. The van der Waals surface area contributed by atoms with Crippen LogP contribution in [-0.4, -0.2) is 11.8 Å². The molecule has 2 nitrogen and oxygen atoms in total. The lowest BCUT2D eigenvalue weighted by Gasteiger charge is -2.16. The van der Waals surface area contributed by atoms with Gasteiger partial charge >= 0.3 is 0 Å². The quantitative estimate of drug-likeness (QED) is 0.455. The second kappa shape index (κ2) is 2.29. The van der Waals surface area contributed by atoms with Crippen molar-refractivity contribution < 1.29 is 9.73 Å². The molecule has 0 saturated carbocycles. The molecule has 0 amide bonds. The zero-order valence-electron chi connectivity index (χ0n) is 5.71. The molecule has 2 aliphatic rings. The summed E-state index contributed by atoms with van der Waals surface area (Å²) >= 11 is 0. The molecule has 0 radical (unpaired) electrons. The molecule has 10 heavy (non-hydrogen) atoms. The lowest BCUT2D eigenvalue weighted by atomic mass is 10.0. The van der Waals surface area contributed by atoms with Crippen molar-refractivity contribution in [3.63, 3.8) is 0 Å². The zero-order chi connectivity index (χ0) is 6.81. The number of fused-ring (bicyclic) bond motifs is 1. The van der Waals surface area contributed by atoms with Gasteiger partial charge in [0, 0.05) is 6.42 Å². The molecule has 1 unspecified atom stereocenters. The van der Waals surface area contributed by atoms with E-state index >= 15 is 0 Å². The van der Waals surface area contributed by atoms with Gasteiger partial charge in [-0.15, -0.1) is 0 Å². The Bertz CT molecular complexity index is 215. The van der Waals surface area contributed by atoms with Crippen LogP contribution in [0.15, 0.2) is 24.6 Å². The predicted octanol–water partition coefficient (Wildman–Crippen LogP) is -0.272. The minimum Gasteiger partial charge on any atom is -0.481 e. The van der Waals surface area contributed by atoms with E-state index in [-0.39, 0.29) is 6.10 Å². The minimum absolute atomic E-state index is 0.287. The maximum atomic E-state index is 5.35. The van der Waals surface area contributed by atoms with Gasteiger partial charge < -0.3 is 4.74 Å². The first-order valence-corrected chi connectivity index (χ1v) is 3.54. The van der Waals surface area contributed by atoms with Gasteiger partial charge in [0.25, 0.3) is 0 Å². The Morgan fingerprint density at radius 2 is 2.50 bits per heavy atom. The second-order valence-electron chi connectivity index (χ2n) is 2.51. The molecule has 0 aromatic carbocycles. The summed E-state index contributed by atoms with van der Waals surface area (Å²) in [5, 5.41) is 0. The highest BCUT2D eigenvalue weighted by atomic mass is 16.5. The molecule has 52 valence electrons. The van der Waals surface area contributed by atoms with Crippen LogP contribution in [0.25, 0.3) is 0 Å². The molecule has 1 N–H and O–H groups in total. The average Bonchev–Trinajstić information content (AvgIpc) is 2.05. The third-order valence-electron chi connectivity index (χ3n) is 1.82. The molecule has 2 rings (SSSR count). The maximum absolute atomic E-state index is 5.35. The van der Waals surface area contributed by atoms with Gasteiger partial charge in [-0.1, -0.05) is 12.2 Å². The Morgan fingerprint density at radius 1 is 1.50 bits per heavy atom. The van der Waals surface area contributed by atoms with Gasteiger partial charge in [-0.2, -0.15) is 0 Å². The van der Waals surface area contributed by atoms with Crippen LogP contribution >= 0.6 is 0 Å². The fraction of sp³-hybridized carbons (Fsp3) is 0.375. The second-order valence-corrected chi connectivity index (χ2v) is 2.51. The van der Waals surface area contributed by atoms with E-state index < -0.39 is 0 Å². The van der Waals surface area contributed by atoms with Crippen LogP contribution in [0, 0.1) is 0 Å². The molecule has 1 heterocycles. The third kappa shape index (κ3) is 0.856. The molecule has 0 fully saturated rings. The normalized spacial score (nSPS) is 28.8. The van der Waals surface area contributed by atoms with Crippen LogP contribution < -0.4 is 4.99 Å². The summed E-state index contributed by atoms with van der Waals surface area (Å²) in [4.78, 5) is 3.18. The van der Waals surface area contributed by atoms with Crippen molar-refractivity contribution in [2.45, 2.75) is 18.9 Å². The third-order valence-corrected chi connectivity index (χ3v) is 1.82. The summed E-state index contributed by atoms with van der Waals surface area (Å²) in [7, 11) is 0. The van der Waals surface area contributed by atoms with Gasteiger partial charge in [0.1, 0.15) is 6.26 Å². The lowest BCUT2D eigenvalue weighted by Crippen LogP contribution is -2.71. The van der Waals surface area contributed by atoms with Crippen molar-refractivity contribution in [1.82, 2.24) is 0 Å². The Kier molecular flexibility index (Phi) is 1.31. The smallest absolute Gasteiger partial charge is 0.201 e. The number of allylic oxidation sites excluding steroid dienone is 1. The van der Waals surface area contributed by atoms with E-state index in [0.717, 1.165) is 12.8 Å². The number of hydrogen-bond acceptors (Lipinski definition) is 1. The highest BCUT2D eigenvalue weighted by Crippen LogP contribution is 2.10. The van der Waals surface area contributed by atoms with E-state index in [1.165, 1.54) is 5.71 Å². The Hall–Kier alpha value is -1.05. The van der Waals surface area contributed by atoms with Crippen LogP contribution in [0.5, 0.6) is 0 Å². The van der Waals surface area contributed by atoms with Crippen molar-refractivity contribution in [3.8, 4) is 0 Å². The Morgan fingerprint density at radius 3 is 3.40 bits per heavy atom. The molecule has 1 aliphatic carbocycles. The first-order valence-electron chi connectivity index (χ1n) is 3.54. The summed E-state index contributed by atoms with van der Waals surface area (Å²) < 4.78 is 5.35. The van der Waals surface area contributed by atoms with Crippen molar-refractivity contribution in [2.24, 2.45) is 0 Å². The Labute approximate surface area is 59.9 Å².